The lowest BCUT2D eigenvalue weighted by atomic mass is 10.0. The molecule has 0 aliphatic carbocycles. The van der Waals surface area contributed by atoms with E-state index in [2.05, 4.69) is 20.4 Å². The highest BCUT2D eigenvalue weighted by Crippen LogP contribution is 2.38. The highest BCUT2D eigenvalue weighted by molar-refractivity contribution is 6.02. The van der Waals surface area contributed by atoms with Gasteiger partial charge >= 0.3 is 0 Å². The Labute approximate surface area is 183 Å². The van der Waals surface area contributed by atoms with Gasteiger partial charge in [-0.2, -0.15) is 4.98 Å². The van der Waals surface area contributed by atoms with E-state index < -0.39 is 5.60 Å². The zero-order valence-corrected chi connectivity index (χ0v) is 18.1. The minimum absolute atomic E-state index is 0.0374. The number of aromatic nitrogens is 4. The molecule has 3 heterocycles. The van der Waals surface area contributed by atoms with Crippen LogP contribution in [0.1, 0.15) is 26.1 Å². The van der Waals surface area contributed by atoms with Crippen molar-refractivity contribution in [1.82, 2.24) is 19.7 Å². The van der Waals surface area contributed by atoms with Crippen LogP contribution in [0, 0.1) is 6.92 Å². The van der Waals surface area contributed by atoms with Crippen molar-refractivity contribution in [2.24, 2.45) is 0 Å². The van der Waals surface area contributed by atoms with Crippen LogP contribution in [0.2, 0.25) is 0 Å². The summed E-state index contributed by atoms with van der Waals surface area (Å²) < 4.78 is 12.2. The van der Waals surface area contributed by atoms with Gasteiger partial charge in [0.1, 0.15) is 11.3 Å². The fourth-order valence-corrected chi connectivity index (χ4v) is 3.39. The van der Waals surface area contributed by atoms with Crippen LogP contribution in [-0.2, 0) is 16.1 Å². The summed E-state index contributed by atoms with van der Waals surface area (Å²) in [5.41, 5.74) is -0.0680. The summed E-state index contributed by atoms with van der Waals surface area (Å²) in [6, 6.07) is 5.07. The van der Waals surface area contributed by atoms with Crippen LogP contribution in [0.15, 0.2) is 40.0 Å². The summed E-state index contributed by atoms with van der Waals surface area (Å²) in [7, 11) is 1.68. The number of likely N-dealkylation sites (N-methyl/N-ethyl adjacent to an activating group) is 1. The van der Waals surface area contributed by atoms with Gasteiger partial charge in [0, 0.05) is 38.0 Å². The van der Waals surface area contributed by atoms with Crippen molar-refractivity contribution < 1.29 is 18.8 Å². The van der Waals surface area contributed by atoms with Gasteiger partial charge in [0.15, 0.2) is 11.4 Å². The summed E-state index contributed by atoms with van der Waals surface area (Å²) in [6.45, 7) is 5.14. The first-order valence-corrected chi connectivity index (χ1v) is 9.92. The highest BCUT2D eigenvalue weighted by atomic mass is 16.5. The van der Waals surface area contributed by atoms with Gasteiger partial charge in [-0.15, -0.1) is 0 Å². The van der Waals surface area contributed by atoms with Crippen molar-refractivity contribution in [1.29, 1.82) is 0 Å². The van der Waals surface area contributed by atoms with E-state index in [1.54, 1.807) is 46.0 Å². The largest absolute Gasteiger partial charge is 0.476 e. The number of carbonyl (C=O) groups excluding carboxylic acids is 2. The maximum absolute atomic E-state index is 12.6. The zero-order chi connectivity index (χ0) is 23.0. The smallest absolute Gasteiger partial charge is 0.270 e. The maximum Gasteiger partial charge on any atom is 0.270 e. The van der Waals surface area contributed by atoms with Crippen molar-refractivity contribution >= 4 is 23.2 Å². The second-order valence-electron chi connectivity index (χ2n) is 7.91. The van der Waals surface area contributed by atoms with E-state index in [1.165, 1.54) is 22.0 Å². The molecule has 0 saturated heterocycles. The number of carbonyl (C=O) groups is 2. The standard InChI is InChI=1S/C21H22N6O5/c1-12-23-18(32-25-12)14-10-22-11-27(19(14)29)8-7-17(28)24-13-5-6-15-16(9-13)31-21(2,3)20(30)26(15)4/h5-6,9-11H,7-8H2,1-4H3,(H,24,28). The van der Waals surface area contributed by atoms with Crippen LogP contribution in [0.4, 0.5) is 11.4 Å². The Morgan fingerprint density at radius 1 is 1.25 bits per heavy atom. The Hall–Kier alpha value is -4.02. The minimum Gasteiger partial charge on any atom is -0.476 e. The van der Waals surface area contributed by atoms with Crippen LogP contribution in [0.5, 0.6) is 5.75 Å². The lowest BCUT2D eigenvalue weighted by Crippen LogP contribution is -2.50. The van der Waals surface area contributed by atoms with Gasteiger partial charge < -0.3 is 19.5 Å². The molecule has 32 heavy (non-hydrogen) atoms. The molecule has 1 N–H and O–H groups in total. The fourth-order valence-electron chi connectivity index (χ4n) is 3.39. The molecule has 0 saturated carbocycles. The van der Waals surface area contributed by atoms with Crippen LogP contribution in [-0.4, -0.2) is 44.2 Å². The number of hydrogen-bond acceptors (Lipinski definition) is 8. The topological polar surface area (TPSA) is 132 Å². The number of rotatable bonds is 5. The fraction of sp³-hybridized carbons (Fsp3) is 0.333. The van der Waals surface area contributed by atoms with Gasteiger partial charge in [-0.3, -0.25) is 19.0 Å². The average Bonchev–Trinajstić information content (AvgIpc) is 3.17. The number of anilines is 2. The molecule has 0 fully saturated rings. The normalized spacial score (nSPS) is 14.6. The third kappa shape index (κ3) is 3.96. The molecule has 0 radical (unpaired) electrons. The van der Waals surface area contributed by atoms with E-state index in [4.69, 9.17) is 9.26 Å². The second-order valence-corrected chi connectivity index (χ2v) is 7.91. The number of aryl methyl sites for hydroxylation is 2. The van der Waals surface area contributed by atoms with E-state index in [0.29, 0.717) is 22.9 Å². The molecule has 2 aromatic heterocycles. The molecule has 0 spiro atoms. The lowest BCUT2D eigenvalue weighted by molar-refractivity contribution is -0.132. The van der Waals surface area contributed by atoms with Crippen molar-refractivity contribution in [2.45, 2.75) is 39.3 Å². The van der Waals surface area contributed by atoms with Crippen LogP contribution in [0.25, 0.3) is 11.5 Å². The molecule has 0 atom stereocenters. The second kappa shape index (κ2) is 7.91. The summed E-state index contributed by atoms with van der Waals surface area (Å²) in [5, 5.41) is 6.46. The number of benzene rings is 1. The molecule has 11 nitrogen and oxygen atoms in total. The molecule has 0 bridgehead atoms. The van der Waals surface area contributed by atoms with E-state index in [-0.39, 0.29) is 41.8 Å². The molecule has 166 valence electrons. The van der Waals surface area contributed by atoms with E-state index in [9.17, 15) is 14.4 Å². The van der Waals surface area contributed by atoms with Gasteiger partial charge in [-0.25, -0.2) is 4.98 Å². The number of amides is 2. The van der Waals surface area contributed by atoms with Crippen molar-refractivity contribution in [3.05, 3.63) is 46.9 Å². The molecule has 1 aromatic carbocycles. The van der Waals surface area contributed by atoms with Gasteiger partial charge in [0.2, 0.25) is 5.91 Å². The highest BCUT2D eigenvalue weighted by Gasteiger charge is 2.39. The first kappa shape index (κ1) is 21.2. The van der Waals surface area contributed by atoms with Crippen LogP contribution >= 0.6 is 0 Å². The molecule has 4 rings (SSSR count). The molecular weight excluding hydrogens is 416 g/mol. The van der Waals surface area contributed by atoms with Crippen molar-refractivity contribution in [2.75, 3.05) is 17.3 Å². The van der Waals surface area contributed by atoms with Gasteiger partial charge in [0.25, 0.3) is 17.4 Å². The SMILES string of the molecule is Cc1noc(-c2cncn(CCC(=O)Nc3ccc4c(c3)OC(C)(C)C(=O)N4C)c2=O)n1. The Morgan fingerprint density at radius 2 is 2.03 bits per heavy atom. The minimum atomic E-state index is -1.000. The molecule has 1 aliphatic heterocycles. The molecule has 0 unspecified atom stereocenters. The number of fused-ring (bicyclic) bond motifs is 1. The third-order valence-corrected chi connectivity index (χ3v) is 5.03. The summed E-state index contributed by atoms with van der Waals surface area (Å²) >= 11 is 0. The Morgan fingerprint density at radius 3 is 2.75 bits per heavy atom. The Kier molecular flexibility index (Phi) is 5.25. The van der Waals surface area contributed by atoms with Gasteiger partial charge in [-0.05, 0) is 32.9 Å². The molecule has 11 heteroatoms. The van der Waals surface area contributed by atoms with Crippen molar-refractivity contribution in [3.8, 4) is 17.2 Å². The number of nitrogens with zero attached hydrogens (tertiary/aromatic N) is 5. The van der Waals surface area contributed by atoms with Crippen LogP contribution < -0.4 is 20.5 Å². The first-order valence-electron chi connectivity index (χ1n) is 9.92. The van der Waals surface area contributed by atoms with Crippen LogP contribution in [0.3, 0.4) is 0 Å². The van der Waals surface area contributed by atoms with E-state index >= 15 is 0 Å². The Balaban J connectivity index is 1.45. The molecule has 2 amide bonds. The number of hydrogen-bond donors (Lipinski definition) is 1. The molecular formula is C21H22N6O5. The predicted octanol–water partition coefficient (Wildman–Crippen LogP) is 1.76. The quantitative estimate of drug-likeness (QED) is 0.637. The number of nitrogens with one attached hydrogen (secondary N) is 1. The maximum atomic E-state index is 12.6. The van der Waals surface area contributed by atoms with Gasteiger partial charge in [-0.1, -0.05) is 5.16 Å². The van der Waals surface area contributed by atoms with Crippen molar-refractivity contribution in [3.63, 3.8) is 0 Å². The third-order valence-electron chi connectivity index (χ3n) is 5.03. The summed E-state index contributed by atoms with van der Waals surface area (Å²) in [5.74, 6) is 0.536. The first-order chi connectivity index (χ1) is 15.2. The summed E-state index contributed by atoms with van der Waals surface area (Å²) in [6.07, 6.45) is 2.74. The Bertz CT molecular complexity index is 1260. The summed E-state index contributed by atoms with van der Waals surface area (Å²) in [4.78, 5) is 47.0. The zero-order valence-electron chi connectivity index (χ0n) is 18.1. The number of ether oxygens (including phenoxy) is 1. The lowest BCUT2D eigenvalue weighted by Gasteiger charge is -2.37. The van der Waals surface area contributed by atoms with E-state index in [0.717, 1.165) is 0 Å². The average molecular weight is 438 g/mol. The molecule has 3 aromatic rings. The predicted molar refractivity (Wildman–Crippen MR) is 114 cm³/mol. The monoisotopic (exact) mass is 438 g/mol. The molecule has 1 aliphatic rings. The van der Waals surface area contributed by atoms with Gasteiger partial charge in [0.05, 0.1) is 12.0 Å². The van der Waals surface area contributed by atoms with E-state index in [1.807, 2.05) is 0 Å².